The second-order valence-corrected chi connectivity index (χ2v) is 6.97. The van der Waals surface area contributed by atoms with Crippen LogP contribution in [-0.4, -0.2) is 10.2 Å². The molecule has 0 aliphatic rings. The predicted molar refractivity (Wildman–Crippen MR) is 104 cm³/mol. The van der Waals surface area contributed by atoms with Gasteiger partial charge in [-0.05, 0) is 71.1 Å². The van der Waals surface area contributed by atoms with Crippen molar-refractivity contribution in [1.29, 1.82) is 0 Å². The molecule has 25 heavy (non-hydrogen) atoms. The van der Waals surface area contributed by atoms with Crippen LogP contribution in [0.2, 0.25) is 0 Å². The zero-order chi connectivity index (χ0) is 18.2. The summed E-state index contributed by atoms with van der Waals surface area (Å²) in [6, 6.07) is 12.1. The van der Waals surface area contributed by atoms with Crippen molar-refractivity contribution >= 4 is 45.9 Å². The number of hydrogen-bond acceptors (Lipinski definition) is 4. The van der Waals surface area contributed by atoms with E-state index in [4.69, 9.17) is 0 Å². The molecular formula is C20H15FO2S2. The van der Waals surface area contributed by atoms with Crippen molar-refractivity contribution in [2.75, 3.05) is 0 Å². The fraction of sp³-hybridized carbons (Fsp3) is 0. The summed E-state index contributed by atoms with van der Waals surface area (Å²) in [7, 11) is 0. The van der Waals surface area contributed by atoms with E-state index in [1.54, 1.807) is 18.2 Å². The van der Waals surface area contributed by atoms with E-state index in [9.17, 15) is 14.0 Å². The molecule has 0 bridgehead atoms. The van der Waals surface area contributed by atoms with Gasteiger partial charge in [0.25, 0.3) is 0 Å². The third-order valence-electron chi connectivity index (χ3n) is 3.07. The van der Waals surface area contributed by atoms with Gasteiger partial charge in [0.05, 0.1) is 4.90 Å². The molecule has 2 nitrogen and oxygen atoms in total. The summed E-state index contributed by atoms with van der Waals surface area (Å²) in [6.45, 7) is 6.80. The molecule has 2 rings (SSSR count). The monoisotopic (exact) mass is 370 g/mol. The number of carbonyl (C=O) groups is 2. The number of thioether (sulfide) groups is 2. The highest BCUT2D eigenvalue weighted by molar-refractivity contribution is 8.14. The van der Waals surface area contributed by atoms with Gasteiger partial charge in [0, 0.05) is 4.90 Å². The van der Waals surface area contributed by atoms with Crippen LogP contribution in [0.15, 0.2) is 77.6 Å². The van der Waals surface area contributed by atoms with E-state index in [1.165, 1.54) is 12.1 Å². The van der Waals surface area contributed by atoms with Gasteiger partial charge in [0.2, 0.25) is 10.2 Å². The fourth-order valence-electron chi connectivity index (χ4n) is 1.85. The zero-order valence-corrected chi connectivity index (χ0v) is 14.9. The van der Waals surface area contributed by atoms with Crippen LogP contribution in [0.25, 0.3) is 12.2 Å². The minimum absolute atomic E-state index is 0.105. The van der Waals surface area contributed by atoms with E-state index in [0.29, 0.717) is 5.56 Å². The molecule has 0 aliphatic carbocycles. The first-order valence-electron chi connectivity index (χ1n) is 7.28. The molecule has 0 heterocycles. The van der Waals surface area contributed by atoms with Crippen LogP contribution in [-0.2, 0) is 9.59 Å². The van der Waals surface area contributed by atoms with Crippen LogP contribution in [0.3, 0.4) is 0 Å². The van der Waals surface area contributed by atoms with E-state index >= 15 is 0 Å². The lowest BCUT2D eigenvalue weighted by molar-refractivity contribution is -0.107. The van der Waals surface area contributed by atoms with Gasteiger partial charge >= 0.3 is 0 Å². The Labute approximate surface area is 154 Å². The van der Waals surface area contributed by atoms with Gasteiger partial charge in [-0.1, -0.05) is 43.5 Å². The van der Waals surface area contributed by atoms with Crippen LogP contribution >= 0.6 is 23.5 Å². The molecular weight excluding hydrogens is 355 g/mol. The first-order valence-corrected chi connectivity index (χ1v) is 8.91. The summed E-state index contributed by atoms with van der Waals surface area (Å²) in [5.74, 6) is -0.447. The molecule has 2 aromatic carbocycles. The number of carbonyl (C=O) groups excluding carboxylic acids is 2. The van der Waals surface area contributed by atoms with Crippen LogP contribution in [0.4, 0.5) is 4.39 Å². The van der Waals surface area contributed by atoms with E-state index < -0.39 is 5.82 Å². The molecule has 0 amide bonds. The largest absolute Gasteiger partial charge is 0.282 e. The predicted octanol–water partition coefficient (Wildman–Crippen LogP) is 5.61. The number of rotatable bonds is 6. The van der Waals surface area contributed by atoms with Crippen LogP contribution in [0.1, 0.15) is 11.1 Å². The molecule has 0 spiro atoms. The van der Waals surface area contributed by atoms with Crippen LogP contribution < -0.4 is 0 Å². The van der Waals surface area contributed by atoms with Crippen molar-refractivity contribution in [3.8, 4) is 0 Å². The van der Waals surface area contributed by atoms with Crippen molar-refractivity contribution < 1.29 is 14.0 Å². The highest BCUT2D eigenvalue weighted by Crippen LogP contribution is 2.25. The standard InChI is InChI=1S/C20H15FO2S2/c1-3-19(22)24-16-10-7-14(8-11-16)5-6-15-9-12-18(17(21)13-15)25-20(23)4-2/h3-13H,1-2H2/b6-5+. The average molecular weight is 370 g/mol. The SMILES string of the molecule is C=CC(=O)Sc1ccc(/C=C/c2ccc(SC(=O)C=C)c(F)c2)cc1. The molecule has 0 radical (unpaired) electrons. The summed E-state index contributed by atoms with van der Waals surface area (Å²) in [5.41, 5.74) is 1.62. The lowest BCUT2D eigenvalue weighted by Crippen LogP contribution is -1.88. The first kappa shape index (κ1) is 19.0. The molecule has 0 unspecified atom stereocenters. The van der Waals surface area contributed by atoms with Crippen molar-refractivity contribution in [2.24, 2.45) is 0 Å². The quantitative estimate of drug-likeness (QED) is 0.376. The first-order chi connectivity index (χ1) is 12.0. The number of hydrogen-bond donors (Lipinski definition) is 0. The summed E-state index contributed by atoms with van der Waals surface area (Å²) in [5, 5.41) is -0.401. The highest BCUT2D eigenvalue weighted by Gasteiger charge is 2.07. The van der Waals surface area contributed by atoms with Gasteiger partial charge in [-0.25, -0.2) is 4.39 Å². The maximum Gasteiger partial charge on any atom is 0.216 e. The second kappa shape index (κ2) is 9.20. The van der Waals surface area contributed by atoms with Gasteiger partial charge in [0.1, 0.15) is 5.82 Å². The Morgan fingerprint density at radius 1 is 0.840 bits per heavy atom. The third kappa shape index (κ3) is 5.89. The highest BCUT2D eigenvalue weighted by atomic mass is 32.2. The zero-order valence-electron chi connectivity index (χ0n) is 13.3. The minimum Gasteiger partial charge on any atom is -0.282 e. The molecule has 126 valence electrons. The number of halogens is 1. The van der Waals surface area contributed by atoms with Gasteiger partial charge in [-0.3, -0.25) is 9.59 Å². The van der Waals surface area contributed by atoms with Crippen molar-refractivity contribution in [3.63, 3.8) is 0 Å². The Morgan fingerprint density at radius 2 is 1.40 bits per heavy atom. The molecule has 0 aromatic heterocycles. The smallest absolute Gasteiger partial charge is 0.216 e. The molecule has 0 aliphatic heterocycles. The topological polar surface area (TPSA) is 34.1 Å². The van der Waals surface area contributed by atoms with Crippen LogP contribution in [0, 0.1) is 5.82 Å². The normalized spacial score (nSPS) is 10.6. The molecule has 0 fully saturated rings. The summed E-state index contributed by atoms with van der Waals surface area (Å²) in [4.78, 5) is 23.7. The lowest BCUT2D eigenvalue weighted by Gasteiger charge is -2.02. The summed E-state index contributed by atoms with van der Waals surface area (Å²) in [6.07, 6.45) is 6.06. The molecule has 0 N–H and O–H groups in total. The fourth-order valence-corrected chi connectivity index (χ4v) is 3.03. The summed E-state index contributed by atoms with van der Waals surface area (Å²) < 4.78 is 14.0. The minimum atomic E-state index is -0.447. The molecule has 2 aromatic rings. The molecule has 0 saturated heterocycles. The van der Waals surface area contributed by atoms with Crippen molar-refractivity contribution in [1.82, 2.24) is 0 Å². The third-order valence-corrected chi connectivity index (χ3v) is 4.86. The van der Waals surface area contributed by atoms with Crippen molar-refractivity contribution in [3.05, 3.63) is 84.7 Å². The Kier molecular flexibility index (Phi) is 6.98. The summed E-state index contributed by atoms with van der Waals surface area (Å²) >= 11 is 1.92. The number of benzene rings is 2. The van der Waals surface area contributed by atoms with Gasteiger partial charge in [-0.15, -0.1) is 0 Å². The van der Waals surface area contributed by atoms with E-state index in [1.807, 2.05) is 30.3 Å². The van der Waals surface area contributed by atoms with Crippen molar-refractivity contribution in [2.45, 2.75) is 9.79 Å². The Morgan fingerprint density at radius 3 is 2.00 bits per heavy atom. The Hall–Kier alpha value is -2.37. The second-order valence-electron chi connectivity index (χ2n) is 4.84. The van der Waals surface area contributed by atoms with Gasteiger partial charge in [0.15, 0.2) is 0 Å². The Balaban J connectivity index is 2.07. The lowest BCUT2D eigenvalue weighted by atomic mass is 10.1. The average Bonchev–Trinajstić information content (AvgIpc) is 2.62. The Bertz CT molecular complexity index is 839. The molecule has 5 heteroatoms. The maximum atomic E-state index is 14.0. The molecule has 0 saturated carbocycles. The van der Waals surface area contributed by atoms with E-state index in [0.717, 1.165) is 40.1 Å². The van der Waals surface area contributed by atoms with E-state index in [2.05, 4.69) is 13.2 Å². The van der Waals surface area contributed by atoms with Crippen LogP contribution in [0.5, 0.6) is 0 Å². The van der Waals surface area contributed by atoms with Gasteiger partial charge in [-0.2, -0.15) is 0 Å². The maximum absolute atomic E-state index is 14.0. The van der Waals surface area contributed by atoms with Gasteiger partial charge < -0.3 is 0 Å². The molecule has 0 atom stereocenters. The van der Waals surface area contributed by atoms with E-state index in [-0.39, 0.29) is 15.1 Å².